The van der Waals surface area contributed by atoms with Crippen LogP contribution in [0.3, 0.4) is 0 Å². The van der Waals surface area contributed by atoms with E-state index in [0.29, 0.717) is 0 Å². The van der Waals surface area contributed by atoms with E-state index in [4.69, 9.17) is 0 Å². The fraction of sp³-hybridized carbons (Fsp3) is 0.412. The molecule has 0 spiro atoms. The highest BCUT2D eigenvalue weighted by molar-refractivity contribution is 14.0. The van der Waals surface area contributed by atoms with Crippen LogP contribution in [0.1, 0.15) is 17.5 Å². The number of halogens is 1. The number of benzene rings is 1. The molecule has 126 valence electrons. The standard InChI is InChI=1S/C17H25N5.HI/c1-15-13-21-22(14-15)12-11-20-17(18-2)19-10-6-9-16-7-4-3-5-8-16;/h3-5,7-8,13-14H,6,9-12H2,1-2H3,(H2,18,19,20);1H. The minimum atomic E-state index is 0. The lowest BCUT2D eigenvalue weighted by atomic mass is 10.1. The Hall–Kier alpha value is -1.57. The Balaban J connectivity index is 0.00000264. The summed E-state index contributed by atoms with van der Waals surface area (Å²) in [6.07, 6.45) is 6.08. The highest BCUT2D eigenvalue weighted by atomic mass is 127. The number of nitrogens with one attached hydrogen (secondary N) is 2. The summed E-state index contributed by atoms with van der Waals surface area (Å²) >= 11 is 0. The smallest absolute Gasteiger partial charge is 0.191 e. The number of rotatable bonds is 7. The van der Waals surface area contributed by atoms with Crippen LogP contribution in [0.5, 0.6) is 0 Å². The van der Waals surface area contributed by atoms with Gasteiger partial charge in [-0.1, -0.05) is 30.3 Å². The maximum Gasteiger partial charge on any atom is 0.191 e. The molecule has 0 bridgehead atoms. The van der Waals surface area contributed by atoms with Gasteiger partial charge in [0.05, 0.1) is 12.7 Å². The lowest BCUT2D eigenvalue weighted by Gasteiger charge is -2.11. The van der Waals surface area contributed by atoms with Gasteiger partial charge in [0.25, 0.3) is 0 Å². The molecule has 2 aromatic rings. The van der Waals surface area contributed by atoms with Gasteiger partial charge in [0, 0.05) is 26.3 Å². The summed E-state index contributed by atoms with van der Waals surface area (Å²) in [5, 5.41) is 10.9. The van der Waals surface area contributed by atoms with Crippen molar-refractivity contribution in [2.45, 2.75) is 26.3 Å². The molecule has 0 atom stereocenters. The molecule has 1 aromatic heterocycles. The molecule has 0 unspecified atom stereocenters. The molecular formula is C17H26IN5. The summed E-state index contributed by atoms with van der Waals surface area (Å²) in [6.45, 7) is 4.59. The van der Waals surface area contributed by atoms with Crippen molar-refractivity contribution >= 4 is 29.9 Å². The van der Waals surface area contributed by atoms with E-state index < -0.39 is 0 Å². The van der Waals surface area contributed by atoms with Crippen molar-refractivity contribution in [1.82, 2.24) is 20.4 Å². The molecular weight excluding hydrogens is 401 g/mol. The Morgan fingerprint density at radius 3 is 2.57 bits per heavy atom. The minimum Gasteiger partial charge on any atom is -0.356 e. The number of aromatic nitrogens is 2. The van der Waals surface area contributed by atoms with Crippen LogP contribution >= 0.6 is 24.0 Å². The Morgan fingerprint density at radius 2 is 1.91 bits per heavy atom. The van der Waals surface area contributed by atoms with Crippen LogP contribution in [0.4, 0.5) is 0 Å². The van der Waals surface area contributed by atoms with Crippen LogP contribution in [0.15, 0.2) is 47.7 Å². The normalized spacial score (nSPS) is 11.0. The van der Waals surface area contributed by atoms with E-state index in [2.05, 4.69) is 51.1 Å². The Bertz CT molecular complexity index is 580. The van der Waals surface area contributed by atoms with Gasteiger partial charge in [0.15, 0.2) is 5.96 Å². The van der Waals surface area contributed by atoms with E-state index in [1.807, 2.05) is 24.0 Å². The van der Waals surface area contributed by atoms with E-state index in [9.17, 15) is 0 Å². The first-order valence-electron chi connectivity index (χ1n) is 7.75. The topological polar surface area (TPSA) is 54.2 Å². The lowest BCUT2D eigenvalue weighted by Crippen LogP contribution is -2.39. The third-order valence-electron chi connectivity index (χ3n) is 3.40. The van der Waals surface area contributed by atoms with Crippen LogP contribution in [0.25, 0.3) is 0 Å². The van der Waals surface area contributed by atoms with Crippen molar-refractivity contribution in [2.75, 3.05) is 20.1 Å². The fourth-order valence-electron chi connectivity index (χ4n) is 2.24. The van der Waals surface area contributed by atoms with E-state index in [-0.39, 0.29) is 24.0 Å². The molecule has 6 heteroatoms. The van der Waals surface area contributed by atoms with Crippen LogP contribution in [0.2, 0.25) is 0 Å². The van der Waals surface area contributed by atoms with E-state index in [1.165, 1.54) is 11.1 Å². The van der Waals surface area contributed by atoms with Crippen molar-refractivity contribution in [3.05, 3.63) is 53.9 Å². The maximum absolute atomic E-state index is 4.26. The van der Waals surface area contributed by atoms with Gasteiger partial charge in [-0.2, -0.15) is 5.10 Å². The molecule has 0 saturated heterocycles. The monoisotopic (exact) mass is 427 g/mol. The van der Waals surface area contributed by atoms with Crippen molar-refractivity contribution in [2.24, 2.45) is 4.99 Å². The number of nitrogens with zero attached hydrogens (tertiary/aromatic N) is 3. The Labute approximate surface area is 155 Å². The SMILES string of the molecule is CN=C(NCCCc1ccccc1)NCCn1cc(C)cn1.I. The molecule has 0 amide bonds. The van der Waals surface area contributed by atoms with Gasteiger partial charge in [0.1, 0.15) is 0 Å². The maximum atomic E-state index is 4.26. The molecule has 0 aliphatic heterocycles. The summed E-state index contributed by atoms with van der Waals surface area (Å²) in [5.74, 6) is 0.844. The second kappa shape index (κ2) is 11.0. The molecule has 0 aliphatic rings. The van der Waals surface area contributed by atoms with Gasteiger partial charge >= 0.3 is 0 Å². The van der Waals surface area contributed by atoms with Crippen molar-refractivity contribution in [3.8, 4) is 0 Å². The molecule has 1 aromatic carbocycles. The van der Waals surface area contributed by atoms with Crippen molar-refractivity contribution in [3.63, 3.8) is 0 Å². The Morgan fingerprint density at radius 1 is 1.17 bits per heavy atom. The van der Waals surface area contributed by atoms with E-state index in [1.54, 1.807) is 7.05 Å². The molecule has 0 saturated carbocycles. The van der Waals surface area contributed by atoms with Gasteiger partial charge in [-0.3, -0.25) is 9.67 Å². The molecule has 2 N–H and O–H groups in total. The van der Waals surface area contributed by atoms with Gasteiger partial charge in [-0.25, -0.2) is 0 Å². The molecule has 1 heterocycles. The molecule has 0 fully saturated rings. The second-order valence-corrected chi connectivity index (χ2v) is 5.30. The largest absolute Gasteiger partial charge is 0.356 e. The third kappa shape index (κ3) is 7.49. The zero-order valence-electron chi connectivity index (χ0n) is 13.8. The van der Waals surface area contributed by atoms with E-state index in [0.717, 1.165) is 38.4 Å². The summed E-state index contributed by atoms with van der Waals surface area (Å²) in [6, 6.07) is 10.5. The molecule has 5 nitrogen and oxygen atoms in total. The first kappa shape index (κ1) is 19.5. The van der Waals surface area contributed by atoms with Gasteiger partial charge in [0.2, 0.25) is 0 Å². The zero-order chi connectivity index (χ0) is 15.6. The van der Waals surface area contributed by atoms with Crippen LogP contribution in [0, 0.1) is 6.92 Å². The fourth-order valence-corrected chi connectivity index (χ4v) is 2.24. The summed E-state index contributed by atoms with van der Waals surface area (Å²) in [7, 11) is 1.80. The van der Waals surface area contributed by atoms with Gasteiger partial charge < -0.3 is 10.6 Å². The molecule has 0 radical (unpaired) electrons. The highest BCUT2D eigenvalue weighted by Gasteiger charge is 1.98. The number of hydrogen-bond donors (Lipinski definition) is 2. The predicted molar refractivity (Wildman–Crippen MR) is 107 cm³/mol. The van der Waals surface area contributed by atoms with Gasteiger partial charge in [-0.05, 0) is 30.9 Å². The van der Waals surface area contributed by atoms with Crippen LogP contribution < -0.4 is 10.6 Å². The first-order chi connectivity index (χ1) is 10.8. The summed E-state index contributed by atoms with van der Waals surface area (Å²) in [4.78, 5) is 4.23. The molecule has 2 rings (SSSR count). The average Bonchev–Trinajstić information content (AvgIpc) is 2.96. The van der Waals surface area contributed by atoms with Gasteiger partial charge in [-0.15, -0.1) is 24.0 Å². The van der Waals surface area contributed by atoms with E-state index >= 15 is 0 Å². The summed E-state index contributed by atoms with van der Waals surface area (Å²) in [5.41, 5.74) is 2.56. The minimum absolute atomic E-state index is 0. The third-order valence-corrected chi connectivity index (χ3v) is 3.40. The van der Waals surface area contributed by atoms with Crippen LogP contribution in [-0.2, 0) is 13.0 Å². The predicted octanol–water partition coefficient (Wildman–Crippen LogP) is 2.61. The second-order valence-electron chi connectivity index (χ2n) is 5.30. The number of hydrogen-bond acceptors (Lipinski definition) is 2. The average molecular weight is 427 g/mol. The highest BCUT2D eigenvalue weighted by Crippen LogP contribution is 2.01. The lowest BCUT2D eigenvalue weighted by molar-refractivity contribution is 0.596. The quantitative estimate of drug-likeness (QED) is 0.309. The number of aryl methyl sites for hydroxylation is 2. The number of guanidine groups is 1. The zero-order valence-corrected chi connectivity index (χ0v) is 16.2. The molecule has 0 aliphatic carbocycles. The van der Waals surface area contributed by atoms with Crippen molar-refractivity contribution < 1.29 is 0 Å². The van der Waals surface area contributed by atoms with Crippen LogP contribution in [-0.4, -0.2) is 35.9 Å². The summed E-state index contributed by atoms with van der Waals surface area (Å²) < 4.78 is 1.94. The van der Waals surface area contributed by atoms with Crippen molar-refractivity contribution in [1.29, 1.82) is 0 Å². The Kier molecular flexibility index (Phi) is 9.35. The molecule has 23 heavy (non-hydrogen) atoms. The first-order valence-corrected chi connectivity index (χ1v) is 7.75. The number of aliphatic imine (C=N–C) groups is 1.